The third-order valence-electron chi connectivity index (χ3n) is 3.86. The Bertz CT molecular complexity index is 623. The summed E-state index contributed by atoms with van der Waals surface area (Å²) in [5, 5.41) is 2.12. The Hall–Kier alpha value is -1.28. The number of aromatic nitrogens is 4. The van der Waals surface area contributed by atoms with Gasteiger partial charge in [0.05, 0.1) is 0 Å². The van der Waals surface area contributed by atoms with Crippen LogP contribution in [0, 0.1) is 5.92 Å². The lowest BCUT2D eigenvalue weighted by atomic mass is 10.1. The van der Waals surface area contributed by atoms with Crippen molar-refractivity contribution >= 4 is 33.3 Å². The Morgan fingerprint density at radius 2 is 1.48 bits per heavy atom. The molecule has 3 heterocycles. The second kappa shape index (κ2) is 7.53. The molecule has 0 aromatic carbocycles. The van der Waals surface area contributed by atoms with Crippen LogP contribution in [0.15, 0.2) is 0 Å². The fourth-order valence-corrected chi connectivity index (χ4v) is 4.19. The number of hydrogen-bond acceptors (Lipinski definition) is 8. The standard InChI is InChI=1S/C15H24N6S2/c1-4-12-16-14(22-18-12)20-6-5-7-21(9-8-20)15-17-13(19-23-15)10-11(2)3/h11H,4-10H2,1-3H3. The van der Waals surface area contributed by atoms with Gasteiger partial charge in [-0.15, -0.1) is 0 Å². The van der Waals surface area contributed by atoms with Crippen molar-refractivity contribution in [2.45, 2.75) is 40.0 Å². The van der Waals surface area contributed by atoms with E-state index in [1.165, 1.54) is 23.1 Å². The van der Waals surface area contributed by atoms with Crippen LogP contribution >= 0.6 is 23.1 Å². The van der Waals surface area contributed by atoms with Gasteiger partial charge in [0.15, 0.2) is 0 Å². The van der Waals surface area contributed by atoms with Crippen LogP contribution in [-0.4, -0.2) is 44.9 Å². The van der Waals surface area contributed by atoms with Gasteiger partial charge < -0.3 is 9.80 Å². The number of hydrogen-bond donors (Lipinski definition) is 0. The van der Waals surface area contributed by atoms with Gasteiger partial charge in [0.25, 0.3) is 0 Å². The van der Waals surface area contributed by atoms with Gasteiger partial charge in [0.1, 0.15) is 11.6 Å². The summed E-state index contributed by atoms with van der Waals surface area (Å²) in [4.78, 5) is 14.1. The van der Waals surface area contributed by atoms with E-state index in [2.05, 4.69) is 44.3 Å². The van der Waals surface area contributed by atoms with Gasteiger partial charge in [-0.3, -0.25) is 0 Å². The van der Waals surface area contributed by atoms with Crippen LogP contribution in [0.1, 0.15) is 38.8 Å². The maximum Gasteiger partial charge on any atom is 0.205 e. The minimum absolute atomic E-state index is 0.599. The molecule has 2 aromatic heterocycles. The fraction of sp³-hybridized carbons (Fsp3) is 0.733. The molecule has 0 atom stereocenters. The first-order chi connectivity index (χ1) is 11.2. The van der Waals surface area contributed by atoms with Crippen LogP contribution in [-0.2, 0) is 12.8 Å². The molecular formula is C15H24N6S2. The molecule has 1 fully saturated rings. The SMILES string of the molecule is CCc1nsc(N2CCCN(c3nc(CC(C)C)ns3)CC2)n1. The molecule has 0 aliphatic carbocycles. The predicted octanol–water partition coefficient (Wildman–Crippen LogP) is 2.87. The summed E-state index contributed by atoms with van der Waals surface area (Å²) in [6, 6.07) is 0. The third kappa shape index (κ3) is 4.17. The second-order valence-corrected chi connectivity index (χ2v) is 7.73. The number of rotatable bonds is 5. The number of nitrogens with zero attached hydrogens (tertiary/aromatic N) is 6. The molecule has 0 saturated carbocycles. The van der Waals surface area contributed by atoms with Crippen molar-refractivity contribution in [1.82, 2.24) is 18.7 Å². The van der Waals surface area contributed by atoms with Crippen LogP contribution in [0.4, 0.5) is 10.3 Å². The molecule has 1 aliphatic rings. The maximum absolute atomic E-state index is 4.72. The molecule has 8 heteroatoms. The van der Waals surface area contributed by atoms with E-state index in [0.717, 1.165) is 67.4 Å². The summed E-state index contributed by atoms with van der Waals surface area (Å²) >= 11 is 3.05. The summed E-state index contributed by atoms with van der Waals surface area (Å²) in [7, 11) is 0. The summed E-state index contributed by atoms with van der Waals surface area (Å²) < 4.78 is 8.91. The van der Waals surface area contributed by atoms with Gasteiger partial charge in [-0.05, 0) is 12.3 Å². The van der Waals surface area contributed by atoms with Gasteiger partial charge in [-0.25, -0.2) is 9.97 Å². The quantitative estimate of drug-likeness (QED) is 0.825. The van der Waals surface area contributed by atoms with Crippen LogP contribution in [0.5, 0.6) is 0 Å². The Morgan fingerprint density at radius 3 is 2.00 bits per heavy atom. The van der Waals surface area contributed by atoms with E-state index in [1.807, 2.05) is 0 Å². The topological polar surface area (TPSA) is 58.0 Å². The highest BCUT2D eigenvalue weighted by atomic mass is 32.1. The Labute approximate surface area is 145 Å². The molecule has 0 radical (unpaired) electrons. The zero-order valence-electron chi connectivity index (χ0n) is 14.0. The van der Waals surface area contributed by atoms with E-state index in [-0.39, 0.29) is 0 Å². The van der Waals surface area contributed by atoms with Crippen molar-refractivity contribution < 1.29 is 0 Å². The van der Waals surface area contributed by atoms with Crippen LogP contribution in [0.2, 0.25) is 0 Å². The smallest absolute Gasteiger partial charge is 0.205 e. The molecule has 1 saturated heterocycles. The Kier molecular flexibility index (Phi) is 5.42. The highest BCUT2D eigenvalue weighted by Gasteiger charge is 2.20. The molecule has 126 valence electrons. The van der Waals surface area contributed by atoms with Gasteiger partial charge in [0.2, 0.25) is 10.3 Å². The van der Waals surface area contributed by atoms with Gasteiger partial charge >= 0.3 is 0 Å². The van der Waals surface area contributed by atoms with Gasteiger partial charge in [-0.2, -0.15) is 8.75 Å². The van der Waals surface area contributed by atoms with Crippen molar-refractivity contribution in [1.29, 1.82) is 0 Å². The van der Waals surface area contributed by atoms with Gasteiger partial charge in [-0.1, -0.05) is 20.8 Å². The van der Waals surface area contributed by atoms with Crippen molar-refractivity contribution in [2.75, 3.05) is 36.0 Å². The molecule has 1 aliphatic heterocycles. The van der Waals surface area contributed by atoms with E-state index >= 15 is 0 Å². The number of anilines is 2. The summed E-state index contributed by atoms with van der Waals surface area (Å²) in [5.74, 6) is 2.54. The molecule has 0 spiro atoms. The van der Waals surface area contributed by atoms with E-state index in [9.17, 15) is 0 Å². The summed E-state index contributed by atoms with van der Waals surface area (Å²) in [6.45, 7) is 10.5. The first kappa shape index (κ1) is 16.6. The molecule has 6 nitrogen and oxygen atoms in total. The third-order valence-corrected chi connectivity index (χ3v) is 5.49. The average Bonchev–Trinajstić information content (AvgIpc) is 3.11. The molecule has 23 heavy (non-hydrogen) atoms. The van der Waals surface area contributed by atoms with Gasteiger partial charge in [0, 0.05) is 62.1 Å². The fourth-order valence-electron chi connectivity index (χ4n) is 2.64. The highest BCUT2D eigenvalue weighted by molar-refractivity contribution is 7.10. The lowest BCUT2D eigenvalue weighted by Crippen LogP contribution is -2.30. The average molecular weight is 353 g/mol. The van der Waals surface area contributed by atoms with Crippen molar-refractivity contribution in [3.05, 3.63) is 11.6 Å². The molecule has 0 bridgehead atoms. The molecule has 3 rings (SSSR count). The van der Waals surface area contributed by atoms with Crippen LogP contribution < -0.4 is 9.80 Å². The number of aryl methyl sites for hydroxylation is 1. The predicted molar refractivity (Wildman–Crippen MR) is 96.8 cm³/mol. The molecule has 2 aromatic rings. The first-order valence-corrected chi connectivity index (χ1v) is 9.85. The molecule has 0 N–H and O–H groups in total. The monoisotopic (exact) mass is 352 g/mol. The first-order valence-electron chi connectivity index (χ1n) is 8.30. The van der Waals surface area contributed by atoms with Crippen molar-refractivity contribution in [3.63, 3.8) is 0 Å². The zero-order valence-corrected chi connectivity index (χ0v) is 15.7. The largest absolute Gasteiger partial charge is 0.345 e. The van der Waals surface area contributed by atoms with E-state index in [1.54, 1.807) is 0 Å². The Balaban J connectivity index is 1.62. The Morgan fingerprint density at radius 1 is 0.913 bits per heavy atom. The van der Waals surface area contributed by atoms with E-state index in [4.69, 9.17) is 4.98 Å². The van der Waals surface area contributed by atoms with Crippen molar-refractivity contribution in [2.24, 2.45) is 5.92 Å². The zero-order chi connectivity index (χ0) is 16.2. The van der Waals surface area contributed by atoms with Crippen LogP contribution in [0.25, 0.3) is 0 Å². The highest BCUT2D eigenvalue weighted by Crippen LogP contribution is 2.23. The molecule has 0 amide bonds. The van der Waals surface area contributed by atoms with E-state index < -0.39 is 0 Å². The minimum Gasteiger partial charge on any atom is -0.345 e. The molecular weight excluding hydrogens is 328 g/mol. The minimum atomic E-state index is 0.599. The normalized spacial score (nSPS) is 16.2. The summed E-state index contributed by atoms with van der Waals surface area (Å²) in [6.07, 6.45) is 2.97. The second-order valence-electron chi connectivity index (χ2n) is 6.27. The maximum atomic E-state index is 4.72. The van der Waals surface area contributed by atoms with Crippen molar-refractivity contribution in [3.8, 4) is 0 Å². The summed E-state index contributed by atoms with van der Waals surface area (Å²) in [5.41, 5.74) is 0. The molecule has 0 unspecified atom stereocenters. The van der Waals surface area contributed by atoms with E-state index in [0.29, 0.717) is 5.92 Å². The lowest BCUT2D eigenvalue weighted by molar-refractivity contribution is 0.626. The van der Waals surface area contributed by atoms with Crippen LogP contribution in [0.3, 0.4) is 0 Å². The lowest BCUT2D eigenvalue weighted by Gasteiger charge is -2.20.